The van der Waals surface area contributed by atoms with Gasteiger partial charge >= 0.3 is 29.8 Å². The fourth-order valence-corrected chi connectivity index (χ4v) is 12.8. The molecule has 13 nitrogen and oxygen atoms in total. The van der Waals surface area contributed by atoms with Crippen molar-refractivity contribution in [1.29, 1.82) is 0 Å². The van der Waals surface area contributed by atoms with Crippen LogP contribution >= 0.6 is 0 Å². The van der Waals surface area contributed by atoms with E-state index in [1.165, 1.54) is 52.1 Å². The molecule has 0 amide bonds. The Labute approximate surface area is 429 Å². The average Bonchev–Trinajstić information content (AvgIpc) is 4.13. The van der Waals surface area contributed by atoms with E-state index in [2.05, 4.69) is 18.6 Å². The summed E-state index contributed by atoms with van der Waals surface area (Å²) >= 11 is 0. The average molecular weight is 1010 g/mol. The quantitative estimate of drug-likeness (QED) is 0.0373. The lowest BCUT2D eigenvalue weighted by atomic mass is 9.50. The molecule has 0 radical (unpaired) electrons. The van der Waals surface area contributed by atoms with Crippen molar-refractivity contribution in [3.63, 3.8) is 0 Å². The zero-order valence-electron chi connectivity index (χ0n) is 47.5. The van der Waals surface area contributed by atoms with Gasteiger partial charge < -0.3 is 37.9 Å². The zero-order chi connectivity index (χ0) is 53.3. The summed E-state index contributed by atoms with van der Waals surface area (Å²) in [6.07, 6.45) is 14.8. The van der Waals surface area contributed by atoms with Crippen LogP contribution in [-0.4, -0.2) is 81.8 Å². The van der Waals surface area contributed by atoms with E-state index in [0.29, 0.717) is 54.6 Å². The molecule has 0 aliphatic heterocycles. The molecule has 8 aliphatic carbocycles. The van der Waals surface area contributed by atoms with Gasteiger partial charge in [-0.1, -0.05) is 34.6 Å². The van der Waals surface area contributed by atoms with Gasteiger partial charge in [0.1, 0.15) is 11.7 Å². The SMILES string of the molecule is CCC(C)(C)C(=O)OC1CC2CC1C1C3CC(CC3C(=O)OC3(C)C4CC5CC(C4)CC3C5)C21.CCC(C)(C)C(=O)OCOC.CCCOCOC(=O)C(C)(C)CC.CCOC(C)OC(=O)C(C)(C)CC. The minimum absolute atomic E-state index is 0.0296. The highest BCUT2D eigenvalue weighted by Crippen LogP contribution is 2.70. The molecular formula is C58H100O13. The third-order valence-corrected chi connectivity index (χ3v) is 18.7. The van der Waals surface area contributed by atoms with E-state index < -0.39 is 27.9 Å². The number of carbonyl (C=O) groups is 5. The van der Waals surface area contributed by atoms with Crippen LogP contribution < -0.4 is 0 Å². The van der Waals surface area contributed by atoms with Crippen molar-refractivity contribution < 1.29 is 61.9 Å². The smallest absolute Gasteiger partial charge is 0.313 e. The lowest BCUT2D eigenvalue weighted by molar-refractivity contribution is -0.209. The maximum atomic E-state index is 13.7. The summed E-state index contributed by atoms with van der Waals surface area (Å²) in [5.41, 5.74) is -1.82. The van der Waals surface area contributed by atoms with Crippen molar-refractivity contribution in [3.8, 4) is 0 Å². The van der Waals surface area contributed by atoms with Gasteiger partial charge in [0, 0.05) is 13.7 Å². The minimum Gasteiger partial charge on any atom is -0.462 e. The van der Waals surface area contributed by atoms with Crippen LogP contribution in [0.5, 0.6) is 0 Å². The van der Waals surface area contributed by atoms with Gasteiger partial charge in [0.25, 0.3) is 0 Å². The van der Waals surface area contributed by atoms with E-state index in [1.807, 2.05) is 90.0 Å². The molecule has 0 spiro atoms. The number of esters is 5. The van der Waals surface area contributed by atoms with Gasteiger partial charge in [0.15, 0.2) is 19.9 Å². The van der Waals surface area contributed by atoms with Crippen molar-refractivity contribution in [2.75, 3.05) is 33.9 Å². The first-order chi connectivity index (χ1) is 33.2. The van der Waals surface area contributed by atoms with Crippen LogP contribution in [0.2, 0.25) is 0 Å². The van der Waals surface area contributed by atoms with Gasteiger partial charge in [-0.25, -0.2) is 0 Å². The molecule has 8 aliphatic rings. The van der Waals surface area contributed by atoms with Gasteiger partial charge in [0.05, 0.1) is 34.2 Å². The third kappa shape index (κ3) is 14.8. The second kappa shape index (κ2) is 25.6. The van der Waals surface area contributed by atoms with Crippen LogP contribution in [0.3, 0.4) is 0 Å². The summed E-state index contributed by atoms with van der Waals surface area (Å²) in [4.78, 5) is 60.6. The molecule has 8 bridgehead atoms. The molecule has 8 saturated carbocycles. The molecule has 8 rings (SSSR count). The molecule has 0 saturated heterocycles. The molecule has 0 aromatic heterocycles. The normalized spacial score (nSPS) is 32.2. The maximum Gasteiger partial charge on any atom is 0.313 e. The van der Waals surface area contributed by atoms with Crippen LogP contribution in [-0.2, 0) is 61.9 Å². The molecule has 71 heavy (non-hydrogen) atoms. The van der Waals surface area contributed by atoms with Gasteiger partial charge in [-0.05, 0) is 225 Å². The largest absolute Gasteiger partial charge is 0.462 e. The Kier molecular flexibility index (Phi) is 22.0. The zero-order valence-corrected chi connectivity index (χ0v) is 47.5. The summed E-state index contributed by atoms with van der Waals surface area (Å²) in [6, 6.07) is 0. The Morgan fingerprint density at radius 1 is 0.577 bits per heavy atom. The van der Waals surface area contributed by atoms with E-state index in [1.54, 1.807) is 6.92 Å². The van der Waals surface area contributed by atoms with Crippen LogP contribution in [0.1, 0.15) is 201 Å². The molecule has 0 heterocycles. The van der Waals surface area contributed by atoms with E-state index >= 15 is 0 Å². The van der Waals surface area contributed by atoms with Crippen molar-refractivity contribution in [1.82, 2.24) is 0 Å². The maximum absolute atomic E-state index is 13.7. The summed E-state index contributed by atoms with van der Waals surface area (Å²) < 4.78 is 42.3. The molecule has 0 aromatic carbocycles. The number of ether oxygens (including phenoxy) is 8. The number of methoxy groups -OCH3 is 1. The fraction of sp³-hybridized carbons (Fsp3) is 0.914. The Morgan fingerprint density at radius 2 is 1.06 bits per heavy atom. The summed E-state index contributed by atoms with van der Waals surface area (Å²) in [5.74, 6) is 6.21. The lowest BCUT2D eigenvalue weighted by Crippen LogP contribution is -2.58. The van der Waals surface area contributed by atoms with E-state index in [-0.39, 0.29) is 61.1 Å². The van der Waals surface area contributed by atoms with Crippen molar-refractivity contribution >= 4 is 29.8 Å². The first-order valence-electron chi connectivity index (χ1n) is 27.9. The first kappa shape index (κ1) is 60.8. The Morgan fingerprint density at radius 3 is 1.55 bits per heavy atom. The molecule has 9 unspecified atom stereocenters. The van der Waals surface area contributed by atoms with Gasteiger partial charge in [-0.2, -0.15) is 0 Å². The molecular weight excluding hydrogens is 905 g/mol. The highest BCUT2D eigenvalue weighted by atomic mass is 16.7. The predicted molar refractivity (Wildman–Crippen MR) is 273 cm³/mol. The Bertz CT molecular complexity index is 1720. The molecule has 8 fully saturated rings. The molecule has 0 aromatic rings. The highest BCUT2D eigenvalue weighted by Gasteiger charge is 2.67. The summed E-state index contributed by atoms with van der Waals surface area (Å²) in [7, 11) is 1.49. The fourth-order valence-electron chi connectivity index (χ4n) is 12.8. The highest BCUT2D eigenvalue weighted by molar-refractivity contribution is 5.77. The number of carbonyl (C=O) groups excluding carboxylic acids is 5. The van der Waals surface area contributed by atoms with E-state index in [0.717, 1.165) is 62.7 Å². The Balaban J connectivity index is 0.000000246. The molecule has 410 valence electrons. The number of rotatable bonds is 20. The minimum atomic E-state index is -0.441. The molecule has 13 heteroatoms. The first-order valence-corrected chi connectivity index (χ1v) is 27.9. The van der Waals surface area contributed by atoms with Crippen LogP contribution in [0.4, 0.5) is 0 Å². The topological polar surface area (TPSA) is 159 Å². The second-order valence-corrected chi connectivity index (χ2v) is 25.1. The summed E-state index contributed by atoms with van der Waals surface area (Å²) in [6.45, 7) is 32.3. The van der Waals surface area contributed by atoms with Crippen molar-refractivity contribution in [3.05, 3.63) is 0 Å². The second-order valence-electron chi connectivity index (χ2n) is 25.1. The standard InChI is InChI=1S/C30H44O4.2C10H20O3.C8H16O3/c1-5-29(2,3)28(32)33-24-14-18-13-23(24)26-21-11-17(25(18)26)12-22(21)27(31)34-30(4)19-7-15-6-16(9-19)10-20(30)8-15;1-6-10(4,5)9(11)13-8(3)12-7-2;1-5-7-12-8-13-9(11)10(3,4)6-2;1-5-8(2,3)7(9)11-6-10-4/h15-26H,5-14H2,1-4H3;8H,6-7H2,1-5H3;5-8H2,1-4H3;5-6H2,1-4H3. The van der Waals surface area contributed by atoms with E-state index in [9.17, 15) is 24.0 Å². The number of hydrogen-bond acceptors (Lipinski definition) is 13. The molecule has 9 atom stereocenters. The van der Waals surface area contributed by atoms with Gasteiger partial charge in [0.2, 0.25) is 0 Å². The van der Waals surface area contributed by atoms with Crippen LogP contribution in [0, 0.1) is 86.8 Å². The third-order valence-electron chi connectivity index (χ3n) is 18.7. The van der Waals surface area contributed by atoms with Gasteiger partial charge in [-0.3, -0.25) is 24.0 Å². The monoisotopic (exact) mass is 1000 g/mol. The number of hydrogen-bond donors (Lipinski definition) is 0. The van der Waals surface area contributed by atoms with E-state index in [4.69, 9.17) is 33.2 Å². The Hall–Kier alpha value is -2.77. The van der Waals surface area contributed by atoms with Gasteiger partial charge in [-0.15, -0.1) is 0 Å². The number of fused-ring (bicyclic) bond motifs is 9. The van der Waals surface area contributed by atoms with Crippen molar-refractivity contribution in [2.24, 2.45) is 86.8 Å². The van der Waals surface area contributed by atoms with Crippen LogP contribution in [0.25, 0.3) is 0 Å². The predicted octanol–water partition coefficient (Wildman–Crippen LogP) is 12.3. The van der Waals surface area contributed by atoms with Crippen LogP contribution in [0.15, 0.2) is 0 Å². The lowest BCUT2D eigenvalue weighted by Gasteiger charge is -2.59. The van der Waals surface area contributed by atoms with Crippen molar-refractivity contribution in [2.45, 2.75) is 219 Å². The summed E-state index contributed by atoms with van der Waals surface area (Å²) in [5, 5.41) is 0. The molecule has 0 N–H and O–H groups in total.